The number of nitrogens with one attached hydrogen (secondary N) is 1. The Balaban J connectivity index is 0.00000264. The molecule has 0 aromatic heterocycles. The Labute approximate surface area is 142 Å². The van der Waals surface area contributed by atoms with Crippen LogP contribution in [0, 0.1) is 11.6 Å². The van der Waals surface area contributed by atoms with Gasteiger partial charge in [0, 0.05) is 44.2 Å². The SMILES string of the molecule is Cl.Fc1ccc(Cl)c(F)c1[C@@H](CCC(F)(F)F)N1CCNCC1. The first-order valence-corrected chi connectivity index (χ1v) is 7.32. The second kappa shape index (κ2) is 8.46. The zero-order valence-electron chi connectivity index (χ0n) is 12.1. The molecule has 0 unspecified atom stereocenters. The van der Waals surface area contributed by atoms with Crippen LogP contribution in [0.15, 0.2) is 12.1 Å². The minimum atomic E-state index is -4.38. The highest BCUT2D eigenvalue weighted by Gasteiger charge is 2.34. The molecule has 132 valence electrons. The summed E-state index contributed by atoms with van der Waals surface area (Å²) < 4.78 is 65.8. The lowest BCUT2D eigenvalue weighted by molar-refractivity contribution is -0.138. The summed E-state index contributed by atoms with van der Waals surface area (Å²) in [5.41, 5.74) is -0.376. The van der Waals surface area contributed by atoms with Crippen LogP contribution < -0.4 is 5.32 Å². The molecular formula is C14H17Cl2F5N2. The van der Waals surface area contributed by atoms with Gasteiger partial charge in [-0.3, -0.25) is 4.90 Å². The number of hydrogen-bond donors (Lipinski definition) is 1. The van der Waals surface area contributed by atoms with Crippen LogP contribution in [-0.4, -0.2) is 37.3 Å². The van der Waals surface area contributed by atoms with Gasteiger partial charge in [0.15, 0.2) is 0 Å². The van der Waals surface area contributed by atoms with E-state index < -0.39 is 36.7 Å². The molecule has 2 nitrogen and oxygen atoms in total. The minimum absolute atomic E-state index is 0. The molecule has 0 bridgehead atoms. The van der Waals surface area contributed by atoms with Crippen molar-refractivity contribution in [3.05, 3.63) is 34.4 Å². The van der Waals surface area contributed by atoms with Crippen LogP contribution >= 0.6 is 24.0 Å². The molecule has 1 fully saturated rings. The first-order chi connectivity index (χ1) is 10.3. The van der Waals surface area contributed by atoms with E-state index in [1.54, 1.807) is 4.90 Å². The number of hydrogen-bond acceptors (Lipinski definition) is 2. The molecule has 0 aliphatic carbocycles. The fraction of sp³-hybridized carbons (Fsp3) is 0.571. The largest absolute Gasteiger partial charge is 0.389 e. The Morgan fingerprint density at radius 2 is 1.78 bits per heavy atom. The lowest BCUT2D eigenvalue weighted by Crippen LogP contribution is -2.45. The number of rotatable bonds is 4. The predicted molar refractivity (Wildman–Crippen MR) is 81.1 cm³/mol. The van der Waals surface area contributed by atoms with E-state index in [2.05, 4.69) is 5.32 Å². The van der Waals surface area contributed by atoms with Gasteiger partial charge in [0.25, 0.3) is 0 Å². The molecule has 9 heteroatoms. The summed E-state index contributed by atoms with van der Waals surface area (Å²) in [5.74, 6) is -1.85. The molecule has 1 N–H and O–H groups in total. The summed E-state index contributed by atoms with van der Waals surface area (Å²) in [7, 11) is 0. The van der Waals surface area contributed by atoms with Crippen LogP contribution in [-0.2, 0) is 0 Å². The molecule has 1 atom stereocenters. The van der Waals surface area contributed by atoms with Crippen molar-refractivity contribution in [2.75, 3.05) is 26.2 Å². The van der Waals surface area contributed by atoms with E-state index in [-0.39, 0.29) is 23.0 Å². The summed E-state index contributed by atoms with van der Waals surface area (Å²) >= 11 is 5.66. The van der Waals surface area contributed by atoms with Crippen molar-refractivity contribution in [2.45, 2.75) is 25.1 Å². The van der Waals surface area contributed by atoms with Crippen molar-refractivity contribution in [3.63, 3.8) is 0 Å². The molecule has 1 aliphatic heterocycles. The van der Waals surface area contributed by atoms with Crippen LogP contribution in [0.4, 0.5) is 22.0 Å². The van der Waals surface area contributed by atoms with Gasteiger partial charge in [0.05, 0.1) is 5.02 Å². The Morgan fingerprint density at radius 3 is 2.35 bits per heavy atom. The van der Waals surface area contributed by atoms with Gasteiger partial charge < -0.3 is 5.32 Å². The molecular weight excluding hydrogens is 362 g/mol. The number of nitrogens with zero attached hydrogens (tertiary/aromatic N) is 1. The van der Waals surface area contributed by atoms with Crippen LogP contribution in [0.3, 0.4) is 0 Å². The Morgan fingerprint density at radius 1 is 1.17 bits per heavy atom. The van der Waals surface area contributed by atoms with Crippen molar-refractivity contribution < 1.29 is 22.0 Å². The van der Waals surface area contributed by atoms with Crippen molar-refractivity contribution in [2.24, 2.45) is 0 Å². The van der Waals surface area contributed by atoms with Crippen LogP contribution in [0.1, 0.15) is 24.4 Å². The molecule has 1 saturated heterocycles. The quantitative estimate of drug-likeness (QED) is 0.619. The standard InChI is InChI=1S/C14H16ClF5N2.ClH/c15-9-1-2-10(16)12(13(9)17)11(3-4-14(18,19)20)22-7-5-21-6-8-22;/h1-2,11,21H,3-8H2;1H/t11-;/m1./s1. The molecule has 2 rings (SSSR count). The molecule has 0 saturated carbocycles. The maximum absolute atomic E-state index is 14.2. The van der Waals surface area contributed by atoms with Crippen molar-refractivity contribution in [1.82, 2.24) is 10.2 Å². The summed E-state index contributed by atoms with van der Waals surface area (Å²) in [4.78, 5) is 1.67. The highest BCUT2D eigenvalue weighted by Crippen LogP contribution is 2.36. The fourth-order valence-electron chi connectivity index (χ4n) is 2.65. The maximum atomic E-state index is 14.2. The smallest absolute Gasteiger partial charge is 0.314 e. The van der Waals surface area contributed by atoms with E-state index in [0.29, 0.717) is 26.2 Å². The molecule has 1 aliphatic rings. The van der Waals surface area contributed by atoms with Crippen molar-refractivity contribution >= 4 is 24.0 Å². The predicted octanol–water partition coefficient (Wildman–Crippen LogP) is 4.33. The van der Waals surface area contributed by atoms with Gasteiger partial charge in [-0.2, -0.15) is 13.2 Å². The topological polar surface area (TPSA) is 15.3 Å². The van der Waals surface area contributed by atoms with Gasteiger partial charge in [-0.15, -0.1) is 12.4 Å². The van der Waals surface area contributed by atoms with Gasteiger partial charge in [-0.05, 0) is 18.6 Å². The molecule has 1 aromatic carbocycles. The summed E-state index contributed by atoms with van der Waals surface area (Å²) in [6.07, 6.45) is -5.89. The van der Waals surface area contributed by atoms with Crippen LogP contribution in [0.2, 0.25) is 5.02 Å². The van der Waals surface area contributed by atoms with E-state index in [1.807, 2.05) is 0 Å². The van der Waals surface area contributed by atoms with E-state index in [4.69, 9.17) is 11.6 Å². The first kappa shape index (κ1) is 20.4. The second-order valence-electron chi connectivity index (χ2n) is 5.21. The average Bonchev–Trinajstić information content (AvgIpc) is 2.46. The lowest BCUT2D eigenvalue weighted by atomic mass is 9.98. The first-order valence-electron chi connectivity index (χ1n) is 6.94. The van der Waals surface area contributed by atoms with Crippen LogP contribution in [0.25, 0.3) is 0 Å². The van der Waals surface area contributed by atoms with E-state index in [0.717, 1.165) is 12.1 Å². The third-order valence-corrected chi connectivity index (χ3v) is 4.00. The molecule has 1 aromatic rings. The molecule has 23 heavy (non-hydrogen) atoms. The maximum Gasteiger partial charge on any atom is 0.389 e. The minimum Gasteiger partial charge on any atom is -0.314 e. The monoisotopic (exact) mass is 378 g/mol. The fourth-order valence-corrected chi connectivity index (χ4v) is 2.82. The lowest BCUT2D eigenvalue weighted by Gasteiger charge is -2.35. The summed E-state index contributed by atoms with van der Waals surface area (Å²) in [6.45, 7) is 1.97. The third-order valence-electron chi connectivity index (χ3n) is 3.71. The van der Waals surface area contributed by atoms with Gasteiger partial charge in [0.1, 0.15) is 11.6 Å². The summed E-state index contributed by atoms with van der Waals surface area (Å²) in [6, 6.07) is 1.07. The highest BCUT2D eigenvalue weighted by atomic mass is 35.5. The number of alkyl halides is 3. The van der Waals surface area contributed by atoms with Crippen molar-refractivity contribution in [3.8, 4) is 0 Å². The second-order valence-corrected chi connectivity index (χ2v) is 5.62. The normalized spacial score (nSPS) is 17.7. The molecule has 0 radical (unpaired) electrons. The number of benzene rings is 1. The van der Waals surface area contributed by atoms with Gasteiger partial charge in [-0.1, -0.05) is 11.6 Å². The molecule has 1 heterocycles. The third kappa shape index (κ3) is 5.45. The van der Waals surface area contributed by atoms with E-state index in [9.17, 15) is 22.0 Å². The van der Waals surface area contributed by atoms with Gasteiger partial charge in [-0.25, -0.2) is 8.78 Å². The number of piperazine rings is 1. The average molecular weight is 379 g/mol. The molecule has 0 spiro atoms. The zero-order valence-corrected chi connectivity index (χ0v) is 13.7. The Hall–Kier alpha value is -0.630. The van der Waals surface area contributed by atoms with Gasteiger partial charge in [0.2, 0.25) is 0 Å². The van der Waals surface area contributed by atoms with Crippen molar-refractivity contribution in [1.29, 1.82) is 0 Å². The Bertz CT molecular complexity index is 519. The van der Waals surface area contributed by atoms with E-state index >= 15 is 0 Å². The highest BCUT2D eigenvalue weighted by molar-refractivity contribution is 6.30. The summed E-state index contributed by atoms with van der Waals surface area (Å²) in [5, 5.41) is 2.77. The van der Waals surface area contributed by atoms with Crippen LogP contribution in [0.5, 0.6) is 0 Å². The Kier molecular flexibility index (Phi) is 7.51. The van der Waals surface area contributed by atoms with Gasteiger partial charge >= 0.3 is 6.18 Å². The number of halogens is 7. The van der Waals surface area contributed by atoms with E-state index in [1.165, 1.54) is 0 Å². The molecule has 0 amide bonds. The zero-order chi connectivity index (χ0) is 16.3.